The molecule has 0 aliphatic carbocycles. The second-order valence-corrected chi connectivity index (χ2v) is 4.72. The highest BCUT2D eigenvalue weighted by molar-refractivity contribution is 5.27. The van der Waals surface area contributed by atoms with Gasteiger partial charge in [-0.1, -0.05) is 18.2 Å². The molecule has 0 heterocycles. The summed E-state index contributed by atoms with van der Waals surface area (Å²) in [6.07, 6.45) is 0. The Morgan fingerprint density at radius 3 is 2.26 bits per heavy atom. The third kappa shape index (κ3) is 3.61. The fourth-order valence-corrected chi connectivity index (χ4v) is 1.99. The molecule has 19 heavy (non-hydrogen) atoms. The van der Waals surface area contributed by atoms with Crippen LogP contribution in [-0.2, 0) is 6.54 Å². The van der Waals surface area contributed by atoms with Gasteiger partial charge in [0.25, 0.3) is 0 Å². The highest BCUT2D eigenvalue weighted by Gasteiger charge is 2.06. The van der Waals surface area contributed by atoms with Gasteiger partial charge in [-0.15, -0.1) is 0 Å². The van der Waals surface area contributed by atoms with Crippen LogP contribution in [0.2, 0.25) is 0 Å². The molecule has 0 amide bonds. The number of benzene rings is 2. The zero-order chi connectivity index (χ0) is 13.8. The van der Waals surface area contributed by atoms with Gasteiger partial charge >= 0.3 is 0 Å². The van der Waals surface area contributed by atoms with Gasteiger partial charge in [0.15, 0.2) is 0 Å². The van der Waals surface area contributed by atoms with Crippen molar-refractivity contribution in [3.63, 3.8) is 0 Å². The molecule has 0 saturated heterocycles. The molecule has 2 aromatic rings. The van der Waals surface area contributed by atoms with Crippen LogP contribution in [0.5, 0.6) is 0 Å². The minimum atomic E-state index is -0.231. The van der Waals surface area contributed by atoms with Crippen molar-refractivity contribution in [2.45, 2.75) is 26.4 Å². The number of aryl methyl sites for hydroxylation is 1. The highest BCUT2D eigenvalue weighted by atomic mass is 19.1. The van der Waals surface area contributed by atoms with Crippen LogP contribution in [0.4, 0.5) is 8.78 Å². The zero-order valence-electron chi connectivity index (χ0n) is 11.1. The lowest BCUT2D eigenvalue weighted by atomic mass is 10.1. The quantitative estimate of drug-likeness (QED) is 0.872. The first-order chi connectivity index (χ1) is 9.06. The fraction of sp³-hybridized carbons (Fsp3) is 0.250. The van der Waals surface area contributed by atoms with Crippen LogP contribution in [0.3, 0.4) is 0 Å². The Morgan fingerprint density at radius 1 is 1.00 bits per heavy atom. The SMILES string of the molecule is Cc1cc(F)ccc1CN[C@@H](C)c1ccc(F)cc1. The molecule has 3 heteroatoms. The first kappa shape index (κ1) is 13.7. The van der Waals surface area contributed by atoms with Gasteiger partial charge in [-0.3, -0.25) is 0 Å². The lowest BCUT2D eigenvalue weighted by Crippen LogP contribution is -2.18. The Bertz CT molecular complexity index is 549. The zero-order valence-corrected chi connectivity index (χ0v) is 11.1. The standard InChI is InChI=1S/C16H17F2N/c1-11-9-16(18)8-5-14(11)10-19-12(2)13-3-6-15(17)7-4-13/h3-9,12,19H,10H2,1-2H3/t12-/m0/s1. The molecular formula is C16H17F2N. The lowest BCUT2D eigenvalue weighted by Gasteiger charge is -2.15. The van der Waals surface area contributed by atoms with Crippen molar-refractivity contribution in [1.29, 1.82) is 0 Å². The van der Waals surface area contributed by atoms with E-state index in [1.807, 2.05) is 13.8 Å². The van der Waals surface area contributed by atoms with Crippen LogP contribution in [0.1, 0.15) is 29.7 Å². The van der Waals surface area contributed by atoms with E-state index in [0.717, 1.165) is 16.7 Å². The Morgan fingerprint density at radius 2 is 1.63 bits per heavy atom. The van der Waals surface area contributed by atoms with Gasteiger partial charge in [0.05, 0.1) is 0 Å². The van der Waals surface area contributed by atoms with Crippen LogP contribution in [0.15, 0.2) is 42.5 Å². The van der Waals surface area contributed by atoms with Gasteiger partial charge in [0.1, 0.15) is 11.6 Å². The van der Waals surface area contributed by atoms with E-state index in [2.05, 4.69) is 5.32 Å². The van der Waals surface area contributed by atoms with Crippen LogP contribution in [0, 0.1) is 18.6 Å². The molecule has 1 nitrogen and oxygen atoms in total. The molecule has 0 aliphatic heterocycles. The maximum Gasteiger partial charge on any atom is 0.123 e. The van der Waals surface area contributed by atoms with Gasteiger partial charge in [-0.25, -0.2) is 8.78 Å². The third-order valence-corrected chi connectivity index (χ3v) is 3.27. The van der Waals surface area contributed by atoms with Gasteiger partial charge in [0.2, 0.25) is 0 Å². The monoisotopic (exact) mass is 261 g/mol. The summed E-state index contributed by atoms with van der Waals surface area (Å²) in [5, 5.41) is 3.35. The summed E-state index contributed by atoms with van der Waals surface area (Å²) in [5.41, 5.74) is 3.02. The average molecular weight is 261 g/mol. The molecule has 0 spiro atoms. The van der Waals surface area contributed by atoms with Crippen LogP contribution in [0.25, 0.3) is 0 Å². The predicted octanol–water partition coefficient (Wildman–Crippen LogP) is 4.12. The largest absolute Gasteiger partial charge is 0.306 e. The number of hydrogen-bond acceptors (Lipinski definition) is 1. The first-order valence-corrected chi connectivity index (χ1v) is 6.30. The van der Waals surface area contributed by atoms with E-state index < -0.39 is 0 Å². The van der Waals surface area contributed by atoms with Crippen molar-refractivity contribution in [2.24, 2.45) is 0 Å². The van der Waals surface area contributed by atoms with E-state index in [0.29, 0.717) is 6.54 Å². The topological polar surface area (TPSA) is 12.0 Å². The van der Waals surface area contributed by atoms with Crippen molar-refractivity contribution in [1.82, 2.24) is 5.32 Å². The molecule has 1 atom stereocenters. The molecule has 1 N–H and O–H groups in total. The normalized spacial score (nSPS) is 12.4. The third-order valence-electron chi connectivity index (χ3n) is 3.27. The molecule has 0 unspecified atom stereocenters. The van der Waals surface area contributed by atoms with Crippen molar-refractivity contribution in [2.75, 3.05) is 0 Å². The van der Waals surface area contributed by atoms with Crippen molar-refractivity contribution in [3.05, 3.63) is 70.8 Å². The molecule has 2 aromatic carbocycles. The van der Waals surface area contributed by atoms with Gasteiger partial charge < -0.3 is 5.32 Å². The van der Waals surface area contributed by atoms with E-state index in [-0.39, 0.29) is 17.7 Å². The second-order valence-electron chi connectivity index (χ2n) is 4.72. The fourth-order valence-electron chi connectivity index (χ4n) is 1.99. The highest BCUT2D eigenvalue weighted by Crippen LogP contribution is 2.15. The maximum absolute atomic E-state index is 13.0. The number of rotatable bonds is 4. The van der Waals surface area contributed by atoms with Crippen molar-refractivity contribution in [3.8, 4) is 0 Å². The van der Waals surface area contributed by atoms with Gasteiger partial charge in [-0.05, 0) is 54.8 Å². The Balaban J connectivity index is 2.00. The Kier molecular flexibility index (Phi) is 4.27. The van der Waals surface area contributed by atoms with Crippen molar-refractivity contribution >= 4 is 0 Å². The summed E-state index contributed by atoms with van der Waals surface area (Å²) in [7, 11) is 0. The average Bonchev–Trinajstić information content (AvgIpc) is 2.38. The molecule has 100 valence electrons. The summed E-state index contributed by atoms with van der Waals surface area (Å²) in [5.74, 6) is -0.446. The second kappa shape index (κ2) is 5.93. The first-order valence-electron chi connectivity index (χ1n) is 6.30. The Hall–Kier alpha value is -1.74. The van der Waals surface area contributed by atoms with E-state index in [1.54, 1.807) is 18.2 Å². The summed E-state index contributed by atoms with van der Waals surface area (Å²) in [6, 6.07) is 11.3. The number of hydrogen-bond donors (Lipinski definition) is 1. The Labute approximate surface area is 112 Å². The smallest absolute Gasteiger partial charge is 0.123 e. The lowest BCUT2D eigenvalue weighted by molar-refractivity contribution is 0.568. The minimum Gasteiger partial charge on any atom is -0.306 e. The molecule has 0 bridgehead atoms. The van der Waals surface area contributed by atoms with E-state index >= 15 is 0 Å². The molecule has 2 rings (SSSR count). The predicted molar refractivity (Wildman–Crippen MR) is 72.8 cm³/mol. The molecule has 0 aliphatic rings. The van der Waals surface area contributed by atoms with Crippen LogP contribution < -0.4 is 5.32 Å². The van der Waals surface area contributed by atoms with Crippen LogP contribution in [-0.4, -0.2) is 0 Å². The van der Waals surface area contributed by atoms with Crippen LogP contribution >= 0.6 is 0 Å². The molecular weight excluding hydrogens is 244 g/mol. The van der Waals surface area contributed by atoms with Crippen molar-refractivity contribution < 1.29 is 8.78 Å². The van der Waals surface area contributed by atoms with E-state index in [9.17, 15) is 8.78 Å². The molecule has 0 aromatic heterocycles. The maximum atomic E-state index is 13.0. The van der Waals surface area contributed by atoms with Gasteiger partial charge in [0, 0.05) is 12.6 Å². The molecule has 0 fully saturated rings. The van der Waals surface area contributed by atoms with Gasteiger partial charge in [-0.2, -0.15) is 0 Å². The van der Waals surface area contributed by atoms with E-state index in [1.165, 1.54) is 24.3 Å². The van der Waals surface area contributed by atoms with E-state index in [4.69, 9.17) is 0 Å². The summed E-state index contributed by atoms with van der Waals surface area (Å²) in [6.45, 7) is 4.57. The summed E-state index contributed by atoms with van der Waals surface area (Å²) >= 11 is 0. The number of nitrogens with one attached hydrogen (secondary N) is 1. The minimum absolute atomic E-state index is 0.116. The summed E-state index contributed by atoms with van der Waals surface area (Å²) in [4.78, 5) is 0. The molecule has 0 saturated carbocycles. The number of halogens is 2. The molecule has 0 radical (unpaired) electrons. The summed E-state index contributed by atoms with van der Waals surface area (Å²) < 4.78 is 25.8.